The van der Waals surface area contributed by atoms with Crippen molar-refractivity contribution in [2.24, 2.45) is 5.92 Å². The lowest BCUT2D eigenvalue weighted by Gasteiger charge is -2.36. The maximum atomic E-state index is 3.70. The molecule has 2 fully saturated rings. The van der Waals surface area contributed by atoms with Crippen molar-refractivity contribution in [2.45, 2.75) is 18.2 Å². The van der Waals surface area contributed by atoms with Crippen LogP contribution < -0.4 is 5.32 Å². The number of thioether (sulfide) groups is 1. The number of hydrogen-bond acceptors (Lipinski definition) is 3. The summed E-state index contributed by atoms with van der Waals surface area (Å²) in [6.45, 7) is 6.02. The van der Waals surface area contributed by atoms with Crippen molar-refractivity contribution in [2.75, 3.05) is 32.4 Å². The van der Waals surface area contributed by atoms with Crippen LogP contribution in [0.3, 0.4) is 0 Å². The average Bonchev–Trinajstić information content (AvgIpc) is 2.40. The third-order valence-electron chi connectivity index (χ3n) is 2.84. The number of likely N-dealkylation sites (N-methyl/N-ethyl adjacent to an activating group) is 1. The third-order valence-corrected chi connectivity index (χ3v) is 4.61. The van der Waals surface area contributed by atoms with Crippen molar-refractivity contribution in [3.8, 4) is 0 Å². The number of rotatable bonds is 0. The minimum Gasteiger partial charge on any atom is -0.304 e. The van der Waals surface area contributed by atoms with Gasteiger partial charge < -0.3 is 10.2 Å². The zero-order chi connectivity index (χ0) is 8.60. The van der Waals surface area contributed by atoms with Gasteiger partial charge in [-0.1, -0.05) is 6.92 Å². The summed E-state index contributed by atoms with van der Waals surface area (Å²) in [7, 11) is 2.22. The maximum absolute atomic E-state index is 3.70. The van der Waals surface area contributed by atoms with Crippen LogP contribution in [0.5, 0.6) is 0 Å². The van der Waals surface area contributed by atoms with Gasteiger partial charge in [-0.05, 0) is 31.7 Å². The molecule has 2 aliphatic heterocycles. The summed E-state index contributed by atoms with van der Waals surface area (Å²) in [5, 5.41) is 3.70. The van der Waals surface area contributed by atoms with Gasteiger partial charge in [-0.2, -0.15) is 0 Å². The number of nitrogens with zero attached hydrogens (tertiary/aromatic N) is 1. The molecule has 2 rings (SSSR count). The Kier molecular flexibility index (Phi) is 2.36. The summed E-state index contributed by atoms with van der Waals surface area (Å²) < 4.78 is 0. The first-order valence-corrected chi connectivity index (χ1v) is 5.76. The number of likely N-dealkylation sites (tertiary alicyclic amines) is 1. The van der Waals surface area contributed by atoms with Crippen molar-refractivity contribution in [1.82, 2.24) is 10.2 Å². The van der Waals surface area contributed by atoms with E-state index in [2.05, 4.69) is 35.9 Å². The molecule has 2 heterocycles. The first-order valence-electron chi connectivity index (χ1n) is 4.78. The van der Waals surface area contributed by atoms with E-state index in [1.54, 1.807) is 0 Å². The lowest BCUT2D eigenvalue weighted by atomic mass is 10.1. The van der Waals surface area contributed by atoms with E-state index < -0.39 is 0 Å². The predicted octanol–water partition coefficient (Wildman–Crippen LogP) is 0.991. The van der Waals surface area contributed by atoms with Crippen LogP contribution in [0.2, 0.25) is 0 Å². The molecule has 2 aliphatic rings. The molecule has 0 amide bonds. The quantitative estimate of drug-likeness (QED) is 0.607. The minimum atomic E-state index is 0.418. The van der Waals surface area contributed by atoms with Crippen LogP contribution in [0, 0.1) is 5.92 Å². The summed E-state index contributed by atoms with van der Waals surface area (Å²) in [6, 6.07) is 0. The van der Waals surface area contributed by atoms with Gasteiger partial charge in [-0.3, -0.25) is 0 Å². The molecule has 0 aliphatic carbocycles. The second-order valence-electron chi connectivity index (χ2n) is 4.28. The summed E-state index contributed by atoms with van der Waals surface area (Å²) in [6.07, 6.45) is 1.32. The molecule has 0 aromatic heterocycles. The van der Waals surface area contributed by atoms with Crippen molar-refractivity contribution in [1.29, 1.82) is 0 Å². The SMILES string of the molecule is CC1CNC2(CCN(C)C2)SC1. The Bertz CT molecular complexity index is 164. The van der Waals surface area contributed by atoms with Crippen LogP contribution in [0.4, 0.5) is 0 Å². The second kappa shape index (κ2) is 3.20. The minimum absolute atomic E-state index is 0.418. The highest BCUT2D eigenvalue weighted by atomic mass is 32.2. The van der Waals surface area contributed by atoms with Crippen LogP contribution in [0.15, 0.2) is 0 Å². The topological polar surface area (TPSA) is 15.3 Å². The van der Waals surface area contributed by atoms with Gasteiger partial charge in [0.2, 0.25) is 0 Å². The molecule has 3 heteroatoms. The number of hydrogen-bond donors (Lipinski definition) is 1. The molecule has 12 heavy (non-hydrogen) atoms. The molecule has 2 nitrogen and oxygen atoms in total. The van der Waals surface area contributed by atoms with E-state index in [4.69, 9.17) is 0 Å². The summed E-state index contributed by atoms with van der Waals surface area (Å²) >= 11 is 2.13. The van der Waals surface area contributed by atoms with E-state index in [-0.39, 0.29) is 0 Å². The van der Waals surface area contributed by atoms with Crippen molar-refractivity contribution >= 4 is 11.8 Å². The molecule has 0 aromatic rings. The van der Waals surface area contributed by atoms with Gasteiger partial charge in [-0.25, -0.2) is 0 Å². The molecule has 0 bridgehead atoms. The van der Waals surface area contributed by atoms with Gasteiger partial charge in [-0.15, -0.1) is 11.8 Å². The van der Waals surface area contributed by atoms with Crippen LogP contribution in [0.25, 0.3) is 0 Å². The average molecular weight is 186 g/mol. The highest BCUT2D eigenvalue weighted by Crippen LogP contribution is 2.36. The molecular formula is C9H18N2S. The summed E-state index contributed by atoms with van der Waals surface area (Å²) in [4.78, 5) is 2.84. The van der Waals surface area contributed by atoms with Gasteiger partial charge in [0.25, 0.3) is 0 Å². The highest BCUT2D eigenvalue weighted by Gasteiger charge is 2.39. The Labute approximate surface area is 79.1 Å². The van der Waals surface area contributed by atoms with E-state index in [9.17, 15) is 0 Å². The van der Waals surface area contributed by atoms with E-state index in [1.807, 2.05) is 0 Å². The fourth-order valence-electron chi connectivity index (χ4n) is 2.00. The first-order chi connectivity index (χ1) is 5.70. The van der Waals surface area contributed by atoms with Crippen molar-refractivity contribution in [3.63, 3.8) is 0 Å². The molecule has 2 saturated heterocycles. The molecule has 1 spiro atoms. The Morgan fingerprint density at radius 1 is 1.58 bits per heavy atom. The van der Waals surface area contributed by atoms with E-state index >= 15 is 0 Å². The molecule has 2 unspecified atom stereocenters. The highest BCUT2D eigenvalue weighted by molar-refractivity contribution is 8.00. The molecule has 2 atom stereocenters. The summed E-state index contributed by atoms with van der Waals surface area (Å²) in [5.74, 6) is 2.19. The van der Waals surface area contributed by atoms with Crippen LogP contribution in [-0.4, -0.2) is 42.2 Å². The fourth-order valence-corrected chi connectivity index (χ4v) is 3.45. The largest absolute Gasteiger partial charge is 0.304 e. The molecular weight excluding hydrogens is 168 g/mol. The zero-order valence-corrected chi connectivity index (χ0v) is 8.78. The smallest absolute Gasteiger partial charge is 0.0785 e. The Morgan fingerprint density at radius 2 is 2.42 bits per heavy atom. The zero-order valence-electron chi connectivity index (χ0n) is 7.97. The molecule has 0 radical (unpaired) electrons. The van der Waals surface area contributed by atoms with Crippen LogP contribution >= 0.6 is 11.8 Å². The van der Waals surface area contributed by atoms with Crippen LogP contribution in [0.1, 0.15) is 13.3 Å². The third kappa shape index (κ3) is 1.63. The van der Waals surface area contributed by atoms with E-state index in [0.29, 0.717) is 4.87 Å². The van der Waals surface area contributed by atoms with Crippen molar-refractivity contribution in [3.05, 3.63) is 0 Å². The standard InChI is InChI=1S/C9H18N2S/c1-8-5-10-9(12-6-8)3-4-11(2)7-9/h8,10H,3-7H2,1-2H3. The van der Waals surface area contributed by atoms with Crippen LogP contribution in [-0.2, 0) is 0 Å². The normalized spacial score (nSPS) is 44.0. The fraction of sp³-hybridized carbons (Fsp3) is 1.00. The molecule has 0 aromatic carbocycles. The first kappa shape index (κ1) is 8.85. The van der Waals surface area contributed by atoms with E-state index in [1.165, 1.54) is 31.8 Å². The summed E-state index contributed by atoms with van der Waals surface area (Å²) in [5.41, 5.74) is 0. The van der Waals surface area contributed by atoms with Crippen molar-refractivity contribution < 1.29 is 0 Å². The maximum Gasteiger partial charge on any atom is 0.0785 e. The van der Waals surface area contributed by atoms with E-state index in [0.717, 1.165) is 5.92 Å². The predicted molar refractivity (Wildman–Crippen MR) is 54.5 cm³/mol. The van der Waals surface area contributed by atoms with Gasteiger partial charge in [0.15, 0.2) is 0 Å². The molecule has 0 saturated carbocycles. The molecule has 1 N–H and O–H groups in total. The lowest BCUT2D eigenvalue weighted by molar-refractivity contribution is 0.369. The van der Waals surface area contributed by atoms with Gasteiger partial charge in [0, 0.05) is 13.1 Å². The van der Waals surface area contributed by atoms with Gasteiger partial charge in [0.05, 0.1) is 4.87 Å². The Balaban J connectivity index is 1.95. The second-order valence-corrected chi connectivity index (χ2v) is 5.68. The Hall–Kier alpha value is 0.270. The number of nitrogens with one attached hydrogen (secondary N) is 1. The molecule has 70 valence electrons. The monoisotopic (exact) mass is 186 g/mol. The lowest BCUT2D eigenvalue weighted by Crippen LogP contribution is -2.50. The van der Waals surface area contributed by atoms with Gasteiger partial charge >= 0.3 is 0 Å². The van der Waals surface area contributed by atoms with Gasteiger partial charge in [0.1, 0.15) is 0 Å². The Morgan fingerprint density at radius 3 is 2.92 bits per heavy atom.